The van der Waals surface area contributed by atoms with Crippen molar-refractivity contribution in [3.63, 3.8) is 0 Å². The van der Waals surface area contributed by atoms with Gasteiger partial charge in [-0.1, -0.05) is 115 Å². The lowest BCUT2D eigenvalue weighted by molar-refractivity contribution is 0.359. The van der Waals surface area contributed by atoms with Gasteiger partial charge < -0.3 is 14.5 Å². The highest BCUT2D eigenvalue weighted by atomic mass is 15.6. The molecule has 0 radical (unpaired) electrons. The summed E-state index contributed by atoms with van der Waals surface area (Å²) in [5.41, 5.74) is 12.8. The number of fused-ring (bicyclic) bond motifs is 7. The van der Waals surface area contributed by atoms with E-state index >= 15 is 0 Å². The number of nitrogens with zero attached hydrogens (tertiary/aromatic N) is 4. The second-order valence-electron chi connectivity index (χ2n) is 13.8. The van der Waals surface area contributed by atoms with Crippen LogP contribution in [0.25, 0.3) is 71.7 Å². The Morgan fingerprint density at radius 1 is 0.434 bits per heavy atom. The number of hydrogen-bond donors (Lipinski definition) is 1. The van der Waals surface area contributed by atoms with Crippen molar-refractivity contribution in [1.29, 1.82) is 0 Å². The van der Waals surface area contributed by atoms with E-state index in [0.717, 1.165) is 28.3 Å². The smallest absolute Gasteiger partial charge is 0.155 e. The van der Waals surface area contributed by atoms with E-state index in [4.69, 9.17) is 5.10 Å². The van der Waals surface area contributed by atoms with Gasteiger partial charge in [-0.25, -0.2) is 5.01 Å². The summed E-state index contributed by atoms with van der Waals surface area (Å²) in [6.07, 6.45) is 6.23. The van der Waals surface area contributed by atoms with E-state index in [9.17, 15) is 0 Å². The van der Waals surface area contributed by atoms with Crippen LogP contribution in [0.4, 0.5) is 0 Å². The van der Waals surface area contributed by atoms with Crippen molar-refractivity contribution in [2.24, 2.45) is 5.10 Å². The Bertz CT molecular complexity index is 2930. The zero-order valence-electron chi connectivity index (χ0n) is 28.8. The lowest BCUT2D eigenvalue weighted by Crippen LogP contribution is -2.38. The molecule has 0 spiro atoms. The Hall–Kier alpha value is -7.11. The molecule has 250 valence electrons. The van der Waals surface area contributed by atoms with E-state index < -0.39 is 0 Å². The zero-order chi connectivity index (χ0) is 34.9. The van der Waals surface area contributed by atoms with Gasteiger partial charge in [-0.05, 0) is 83.4 Å². The van der Waals surface area contributed by atoms with Gasteiger partial charge >= 0.3 is 0 Å². The first-order valence-corrected chi connectivity index (χ1v) is 18.1. The number of amidine groups is 1. The van der Waals surface area contributed by atoms with Crippen LogP contribution in [0.1, 0.15) is 11.1 Å². The molecule has 0 saturated carbocycles. The van der Waals surface area contributed by atoms with Gasteiger partial charge in [-0.2, -0.15) is 5.10 Å². The zero-order valence-corrected chi connectivity index (χ0v) is 28.8. The molecule has 0 fully saturated rings. The van der Waals surface area contributed by atoms with Crippen LogP contribution in [-0.4, -0.2) is 26.1 Å². The Kier molecular flexibility index (Phi) is 6.55. The van der Waals surface area contributed by atoms with E-state index in [-0.39, 0.29) is 6.17 Å². The van der Waals surface area contributed by atoms with E-state index in [1.165, 1.54) is 60.3 Å². The van der Waals surface area contributed by atoms with Gasteiger partial charge in [0.25, 0.3) is 0 Å². The van der Waals surface area contributed by atoms with Crippen molar-refractivity contribution in [3.8, 4) is 22.5 Å². The molecule has 11 rings (SSSR count). The number of para-hydroxylation sites is 3. The lowest BCUT2D eigenvalue weighted by Gasteiger charge is -2.26. The molecule has 1 atom stereocenters. The van der Waals surface area contributed by atoms with Crippen LogP contribution in [0.2, 0.25) is 0 Å². The molecular formula is C48H33N5. The van der Waals surface area contributed by atoms with Gasteiger partial charge in [0.2, 0.25) is 0 Å². The average Bonchev–Trinajstić information content (AvgIpc) is 3.92. The van der Waals surface area contributed by atoms with Gasteiger partial charge in [-0.3, -0.25) is 0 Å². The Labute approximate surface area is 306 Å². The number of hydrogen-bond acceptors (Lipinski definition) is 3. The van der Waals surface area contributed by atoms with Crippen molar-refractivity contribution < 1.29 is 0 Å². The minimum atomic E-state index is -0.133. The largest absolute Gasteiger partial charge is 0.343 e. The maximum Gasteiger partial charge on any atom is 0.155 e. The predicted octanol–water partition coefficient (Wildman–Crippen LogP) is 11.1. The standard InChI is InChI=1S/C48H33N5/c1-3-13-32(14-4-1)33-24-26-45-41(30-33)42-31-34(25-27-46(42)52(45)36-16-5-2-6-17-36)38-21-12-28-51-48(38)49-47(50-51)35-15-11-18-37(29-35)53-43-22-9-7-19-39(43)40-20-8-10-23-44(40)53/h1-31,48H,(H,49,50). The first-order chi connectivity index (χ1) is 26.3. The molecule has 5 nitrogen and oxygen atoms in total. The number of rotatable bonds is 5. The van der Waals surface area contributed by atoms with Gasteiger partial charge in [-0.15, -0.1) is 0 Å². The van der Waals surface area contributed by atoms with Gasteiger partial charge in [0.15, 0.2) is 5.84 Å². The van der Waals surface area contributed by atoms with Crippen LogP contribution >= 0.6 is 0 Å². The number of allylic oxidation sites excluding steroid dienone is 2. The highest BCUT2D eigenvalue weighted by molar-refractivity contribution is 6.12. The van der Waals surface area contributed by atoms with Gasteiger partial charge in [0.05, 0.1) is 22.1 Å². The molecule has 0 amide bonds. The maximum absolute atomic E-state index is 5.10. The first kappa shape index (κ1) is 29.6. The highest BCUT2D eigenvalue weighted by Gasteiger charge is 2.31. The number of aromatic nitrogens is 2. The summed E-state index contributed by atoms with van der Waals surface area (Å²) < 4.78 is 4.73. The molecule has 4 heterocycles. The Morgan fingerprint density at radius 2 is 1.00 bits per heavy atom. The number of hydrazone groups is 1. The van der Waals surface area contributed by atoms with E-state index in [2.05, 4.69) is 203 Å². The van der Waals surface area contributed by atoms with Crippen LogP contribution in [-0.2, 0) is 0 Å². The normalized spacial score (nSPS) is 15.2. The molecule has 1 N–H and O–H groups in total. The Morgan fingerprint density at radius 3 is 1.74 bits per heavy atom. The number of benzene rings is 7. The quantitative estimate of drug-likeness (QED) is 0.197. The fourth-order valence-corrected chi connectivity index (χ4v) is 8.32. The predicted molar refractivity (Wildman–Crippen MR) is 219 cm³/mol. The molecule has 2 aliphatic heterocycles. The third-order valence-corrected chi connectivity index (χ3v) is 10.7. The van der Waals surface area contributed by atoms with Crippen molar-refractivity contribution in [1.82, 2.24) is 19.5 Å². The van der Waals surface area contributed by atoms with E-state index in [0.29, 0.717) is 0 Å². The highest BCUT2D eigenvalue weighted by Crippen LogP contribution is 2.38. The summed E-state index contributed by atoms with van der Waals surface area (Å²) >= 11 is 0. The molecule has 5 heteroatoms. The van der Waals surface area contributed by atoms with Crippen molar-refractivity contribution in [3.05, 3.63) is 199 Å². The summed E-state index contributed by atoms with van der Waals surface area (Å²) in [6.45, 7) is 0. The van der Waals surface area contributed by atoms with E-state index in [1.807, 2.05) is 5.01 Å². The fourth-order valence-electron chi connectivity index (χ4n) is 8.32. The monoisotopic (exact) mass is 679 g/mol. The Balaban J connectivity index is 0.983. The van der Waals surface area contributed by atoms with Crippen molar-refractivity contribution in [2.45, 2.75) is 6.17 Å². The average molecular weight is 680 g/mol. The summed E-state index contributed by atoms with van der Waals surface area (Å²) in [6, 6.07) is 61.0. The van der Waals surface area contributed by atoms with Crippen LogP contribution < -0.4 is 5.32 Å². The fraction of sp³-hybridized carbons (Fsp3) is 0.0208. The molecule has 9 aromatic rings. The first-order valence-electron chi connectivity index (χ1n) is 18.1. The third-order valence-electron chi connectivity index (χ3n) is 10.7. The molecule has 0 aliphatic carbocycles. The maximum atomic E-state index is 5.10. The second-order valence-corrected chi connectivity index (χ2v) is 13.8. The summed E-state index contributed by atoms with van der Waals surface area (Å²) in [4.78, 5) is 0. The minimum absolute atomic E-state index is 0.133. The molecule has 7 aromatic carbocycles. The molecule has 0 saturated heterocycles. The molecular weight excluding hydrogens is 647 g/mol. The van der Waals surface area contributed by atoms with Crippen LogP contribution in [0.5, 0.6) is 0 Å². The van der Waals surface area contributed by atoms with Crippen LogP contribution in [0.15, 0.2) is 193 Å². The summed E-state index contributed by atoms with van der Waals surface area (Å²) in [5, 5.41) is 15.9. The SMILES string of the molecule is C1=CN2N=C(c3cccc(-n4c5ccccc5c5ccccc54)c3)NC2C(c2ccc3c(c2)c2cc(-c4ccccc4)ccc2n3-c2ccccc2)=C1. The molecule has 1 unspecified atom stereocenters. The van der Waals surface area contributed by atoms with Gasteiger partial charge in [0.1, 0.15) is 6.17 Å². The van der Waals surface area contributed by atoms with Crippen LogP contribution in [0.3, 0.4) is 0 Å². The topological polar surface area (TPSA) is 37.5 Å². The molecule has 2 aliphatic rings. The van der Waals surface area contributed by atoms with Crippen LogP contribution in [0, 0.1) is 0 Å². The summed E-state index contributed by atoms with van der Waals surface area (Å²) in [7, 11) is 0. The minimum Gasteiger partial charge on any atom is -0.343 e. The second kappa shape index (κ2) is 11.7. The molecule has 0 bridgehead atoms. The van der Waals surface area contributed by atoms with Crippen molar-refractivity contribution in [2.75, 3.05) is 0 Å². The molecule has 53 heavy (non-hydrogen) atoms. The van der Waals surface area contributed by atoms with E-state index in [1.54, 1.807) is 0 Å². The third kappa shape index (κ3) is 4.68. The molecule has 2 aromatic heterocycles. The number of nitrogens with one attached hydrogen (secondary N) is 1. The lowest BCUT2D eigenvalue weighted by atomic mass is 9.97. The van der Waals surface area contributed by atoms with Gasteiger partial charge in [0, 0.05) is 50.3 Å². The van der Waals surface area contributed by atoms with Crippen molar-refractivity contribution >= 4 is 55.0 Å². The summed E-state index contributed by atoms with van der Waals surface area (Å²) in [5.74, 6) is 0.851.